The third kappa shape index (κ3) is 4.46. The fraction of sp³-hybridized carbons (Fsp3) is 0.500. The monoisotopic (exact) mass is 305 g/mol. The van der Waals surface area contributed by atoms with Crippen molar-refractivity contribution >= 4 is 11.8 Å². The largest absolute Gasteiger partial charge is 0.497 e. The molecule has 0 saturated carbocycles. The SMILES string of the molecule is COc1ccc(C[C@@H](NC(C)=O)C(=O)N2CCNCC2)cc1. The maximum atomic E-state index is 12.6. The number of nitrogens with zero attached hydrogens (tertiary/aromatic N) is 1. The van der Waals surface area contributed by atoms with Gasteiger partial charge in [-0.25, -0.2) is 0 Å². The second-order valence-corrected chi connectivity index (χ2v) is 5.38. The van der Waals surface area contributed by atoms with Crippen LogP contribution in [0.4, 0.5) is 0 Å². The Kier molecular flexibility index (Phi) is 5.77. The lowest BCUT2D eigenvalue weighted by Gasteiger charge is -2.31. The average molecular weight is 305 g/mol. The number of amides is 2. The van der Waals surface area contributed by atoms with Crippen molar-refractivity contribution in [1.82, 2.24) is 15.5 Å². The Hall–Kier alpha value is -2.08. The van der Waals surface area contributed by atoms with Crippen LogP contribution in [0.1, 0.15) is 12.5 Å². The highest BCUT2D eigenvalue weighted by molar-refractivity contribution is 5.87. The minimum atomic E-state index is -0.524. The Bertz CT molecular complexity index is 510. The van der Waals surface area contributed by atoms with E-state index in [-0.39, 0.29) is 11.8 Å². The van der Waals surface area contributed by atoms with Crippen molar-refractivity contribution in [1.29, 1.82) is 0 Å². The van der Waals surface area contributed by atoms with Crippen LogP contribution in [0, 0.1) is 0 Å². The first-order chi connectivity index (χ1) is 10.6. The lowest BCUT2D eigenvalue weighted by Crippen LogP contribution is -2.54. The van der Waals surface area contributed by atoms with E-state index < -0.39 is 6.04 Å². The maximum absolute atomic E-state index is 12.6. The van der Waals surface area contributed by atoms with Gasteiger partial charge in [0.15, 0.2) is 0 Å². The minimum absolute atomic E-state index is 0.0208. The quantitative estimate of drug-likeness (QED) is 0.814. The van der Waals surface area contributed by atoms with Crippen molar-refractivity contribution in [2.75, 3.05) is 33.3 Å². The molecule has 6 nitrogen and oxygen atoms in total. The summed E-state index contributed by atoms with van der Waals surface area (Å²) in [4.78, 5) is 25.8. The molecule has 0 bridgehead atoms. The molecule has 1 aromatic carbocycles. The van der Waals surface area contributed by atoms with Gasteiger partial charge < -0.3 is 20.3 Å². The Morgan fingerprint density at radius 2 is 1.91 bits per heavy atom. The van der Waals surface area contributed by atoms with Crippen molar-refractivity contribution in [3.8, 4) is 5.75 Å². The van der Waals surface area contributed by atoms with Gasteiger partial charge in [-0.2, -0.15) is 0 Å². The second-order valence-electron chi connectivity index (χ2n) is 5.38. The number of rotatable bonds is 5. The highest BCUT2D eigenvalue weighted by Gasteiger charge is 2.26. The molecule has 1 fully saturated rings. The fourth-order valence-corrected chi connectivity index (χ4v) is 2.55. The number of hydrogen-bond acceptors (Lipinski definition) is 4. The van der Waals surface area contributed by atoms with Crippen LogP contribution in [-0.4, -0.2) is 56.0 Å². The molecular weight excluding hydrogens is 282 g/mol. The van der Waals surface area contributed by atoms with Crippen molar-refractivity contribution in [3.05, 3.63) is 29.8 Å². The van der Waals surface area contributed by atoms with Crippen LogP contribution in [0.3, 0.4) is 0 Å². The summed E-state index contributed by atoms with van der Waals surface area (Å²) in [5.74, 6) is 0.558. The first-order valence-corrected chi connectivity index (χ1v) is 7.49. The van der Waals surface area contributed by atoms with Gasteiger partial charge in [-0.15, -0.1) is 0 Å². The fourth-order valence-electron chi connectivity index (χ4n) is 2.55. The number of ether oxygens (including phenoxy) is 1. The third-order valence-electron chi connectivity index (χ3n) is 3.70. The van der Waals surface area contributed by atoms with Gasteiger partial charge in [0.05, 0.1) is 7.11 Å². The van der Waals surface area contributed by atoms with E-state index in [1.54, 1.807) is 12.0 Å². The van der Waals surface area contributed by atoms with E-state index in [0.29, 0.717) is 19.5 Å². The topological polar surface area (TPSA) is 70.7 Å². The van der Waals surface area contributed by atoms with Crippen LogP contribution in [-0.2, 0) is 16.0 Å². The molecule has 6 heteroatoms. The number of nitrogens with one attached hydrogen (secondary N) is 2. The summed E-state index contributed by atoms with van der Waals surface area (Å²) in [5, 5.41) is 5.99. The average Bonchev–Trinajstić information content (AvgIpc) is 2.54. The van der Waals surface area contributed by atoms with Gasteiger partial charge in [0.25, 0.3) is 0 Å². The zero-order valence-electron chi connectivity index (χ0n) is 13.1. The van der Waals surface area contributed by atoms with Crippen molar-refractivity contribution < 1.29 is 14.3 Å². The van der Waals surface area contributed by atoms with Crippen LogP contribution in [0.5, 0.6) is 5.75 Å². The lowest BCUT2D eigenvalue weighted by atomic mass is 10.0. The molecule has 2 amide bonds. The number of piperazine rings is 1. The highest BCUT2D eigenvalue weighted by Crippen LogP contribution is 2.13. The van der Waals surface area contributed by atoms with Crippen LogP contribution in [0.2, 0.25) is 0 Å². The predicted octanol–water partition coefficient (Wildman–Crippen LogP) is 0.174. The molecule has 1 aliphatic heterocycles. The van der Waals surface area contributed by atoms with Crippen molar-refractivity contribution in [2.45, 2.75) is 19.4 Å². The van der Waals surface area contributed by atoms with E-state index in [0.717, 1.165) is 24.4 Å². The molecule has 0 radical (unpaired) electrons. The zero-order valence-corrected chi connectivity index (χ0v) is 13.1. The van der Waals surface area contributed by atoms with Crippen molar-refractivity contribution in [2.24, 2.45) is 0 Å². The molecule has 120 valence electrons. The van der Waals surface area contributed by atoms with E-state index in [1.165, 1.54) is 6.92 Å². The Morgan fingerprint density at radius 3 is 2.45 bits per heavy atom. The molecule has 2 N–H and O–H groups in total. The number of carbonyl (C=O) groups is 2. The summed E-state index contributed by atoms with van der Waals surface area (Å²) in [7, 11) is 1.61. The summed E-state index contributed by atoms with van der Waals surface area (Å²) >= 11 is 0. The number of carbonyl (C=O) groups excluding carboxylic acids is 2. The normalized spacial score (nSPS) is 16.0. The van der Waals surface area contributed by atoms with Gasteiger partial charge >= 0.3 is 0 Å². The summed E-state index contributed by atoms with van der Waals surface area (Å²) in [6, 6.07) is 7.02. The maximum Gasteiger partial charge on any atom is 0.245 e. The number of benzene rings is 1. The molecule has 1 atom stereocenters. The molecule has 1 aliphatic rings. The molecule has 0 aliphatic carbocycles. The van der Waals surface area contributed by atoms with E-state index in [1.807, 2.05) is 24.3 Å². The minimum Gasteiger partial charge on any atom is -0.497 e. The van der Waals surface area contributed by atoms with E-state index >= 15 is 0 Å². The molecule has 1 heterocycles. The van der Waals surface area contributed by atoms with Crippen LogP contribution >= 0.6 is 0 Å². The van der Waals surface area contributed by atoms with Gasteiger partial charge in [0.2, 0.25) is 11.8 Å². The smallest absolute Gasteiger partial charge is 0.245 e. The second kappa shape index (κ2) is 7.79. The van der Waals surface area contributed by atoms with E-state index in [4.69, 9.17) is 4.74 Å². The third-order valence-corrected chi connectivity index (χ3v) is 3.70. The molecular formula is C16H23N3O3. The van der Waals surface area contributed by atoms with Gasteiger partial charge in [-0.1, -0.05) is 12.1 Å². The van der Waals surface area contributed by atoms with E-state index in [9.17, 15) is 9.59 Å². The molecule has 0 aromatic heterocycles. The van der Waals surface area contributed by atoms with Gasteiger partial charge in [0, 0.05) is 39.5 Å². The van der Waals surface area contributed by atoms with Crippen molar-refractivity contribution in [3.63, 3.8) is 0 Å². The van der Waals surface area contributed by atoms with Gasteiger partial charge in [-0.3, -0.25) is 9.59 Å². The molecule has 22 heavy (non-hydrogen) atoms. The Morgan fingerprint density at radius 1 is 1.27 bits per heavy atom. The van der Waals surface area contributed by atoms with Crippen LogP contribution in [0.25, 0.3) is 0 Å². The first-order valence-electron chi connectivity index (χ1n) is 7.49. The van der Waals surface area contributed by atoms with Gasteiger partial charge in [-0.05, 0) is 17.7 Å². The number of hydrogen-bond donors (Lipinski definition) is 2. The van der Waals surface area contributed by atoms with Crippen LogP contribution < -0.4 is 15.4 Å². The summed E-state index contributed by atoms with van der Waals surface area (Å²) in [5.41, 5.74) is 0.989. The molecule has 0 spiro atoms. The van der Waals surface area contributed by atoms with E-state index in [2.05, 4.69) is 10.6 Å². The predicted molar refractivity (Wildman–Crippen MR) is 83.8 cm³/mol. The summed E-state index contributed by atoms with van der Waals surface area (Å²) < 4.78 is 5.13. The Balaban J connectivity index is 2.06. The standard InChI is InChI=1S/C16H23N3O3/c1-12(20)18-15(16(21)19-9-7-17-8-10-19)11-13-3-5-14(22-2)6-4-13/h3-6,15,17H,7-11H2,1-2H3,(H,18,20)/t15-/m1/s1. The highest BCUT2D eigenvalue weighted by atomic mass is 16.5. The lowest BCUT2D eigenvalue weighted by molar-refractivity contribution is -0.136. The van der Waals surface area contributed by atoms with Gasteiger partial charge in [0.1, 0.15) is 11.8 Å². The molecule has 1 saturated heterocycles. The Labute approximate surface area is 130 Å². The molecule has 2 rings (SSSR count). The zero-order chi connectivity index (χ0) is 15.9. The molecule has 1 aromatic rings. The summed E-state index contributed by atoms with van der Waals surface area (Å²) in [6.07, 6.45) is 0.479. The van der Waals surface area contributed by atoms with Crippen LogP contribution in [0.15, 0.2) is 24.3 Å². The summed E-state index contributed by atoms with van der Waals surface area (Å²) in [6.45, 7) is 4.38. The molecule has 0 unspecified atom stereocenters. The first kappa shape index (κ1) is 16.3. The number of methoxy groups -OCH3 is 1.